The Morgan fingerprint density at radius 3 is 2.43 bits per heavy atom. The van der Waals surface area contributed by atoms with Gasteiger partial charge in [-0.2, -0.15) is 0 Å². The number of imide groups is 1. The van der Waals surface area contributed by atoms with E-state index in [1.807, 2.05) is 6.07 Å². The Kier molecular flexibility index (Phi) is 7.53. The van der Waals surface area contributed by atoms with Gasteiger partial charge in [-0.1, -0.05) is 36.4 Å². The average molecular weight is 384 g/mol. The number of carbonyl (C=O) groups is 3. The molecular formula is C20H24N4O4. The van der Waals surface area contributed by atoms with Crippen molar-refractivity contribution < 1.29 is 19.1 Å². The number of hydrogen-bond acceptors (Lipinski definition) is 5. The molecule has 4 amide bonds. The lowest BCUT2D eigenvalue weighted by Gasteiger charge is -2.26. The normalized spacial score (nSPS) is 11.4. The van der Waals surface area contributed by atoms with E-state index >= 15 is 0 Å². The fourth-order valence-corrected chi connectivity index (χ4v) is 2.70. The molecule has 0 aliphatic carbocycles. The molecule has 0 aromatic heterocycles. The second-order valence-corrected chi connectivity index (χ2v) is 6.08. The van der Waals surface area contributed by atoms with Gasteiger partial charge in [-0.05, 0) is 24.7 Å². The number of rotatable bonds is 7. The van der Waals surface area contributed by atoms with Gasteiger partial charge in [-0.15, -0.1) is 0 Å². The average Bonchev–Trinajstić information content (AvgIpc) is 2.68. The van der Waals surface area contributed by atoms with Gasteiger partial charge in [0.1, 0.15) is 11.8 Å². The number of anilines is 1. The third kappa shape index (κ3) is 5.82. The highest BCUT2D eigenvalue weighted by atomic mass is 16.5. The SMILES string of the molecule is CNC(=O)NC(=O)[C@H](c1ccccc1)N(C)CC(=O)Nc1cccc(OC)c1. The fraction of sp³-hybridized carbons (Fsp3) is 0.250. The van der Waals surface area contributed by atoms with Crippen molar-refractivity contribution in [1.82, 2.24) is 15.5 Å². The molecule has 0 bridgehead atoms. The summed E-state index contributed by atoms with van der Waals surface area (Å²) in [7, 11) is 4.61. The maximum absolute atomic E-state index is 12.6. The standard InChI is InChI=1S/C20H24N4O4/c1-21-20(27)23-19(26)18(14-8-5-4-6-9-14)24(2)13-17(25)22-15-10-7-11-16(12-15)28-3/h4-12,18H,13H2,1-3H3,(H,22,25)(H2,21,23,26,27)/t18-/m0/s1. The second-order valence-electron chi connectivity index (χ2n) is 6.08. The predicted molar refractivity (Wildman–Crippen MR) is 106 cm³/mol. The van der Waals surface area contributed by atoms with Crippen LogP contribution in [0.5, 0.6) is 5.75 Å². The molecule has 0 aliphatic rings. The number of nitrogens with one attached hydrogen (secondary N) is 3. The highest BCUT2D eigenvalue weighted by molar-refractivity contribution is 5.98. The third-order valence-electron chi connectivity index (χ3n) is 4.01. The number of hydrogen-bond donors (Lipinski definition) is 3. The summed E-state index contributed by atoms with van der Waals surface area (Å²) in [6.45, 7) is -0.0576. The van der Waals surface area contributed by atoms with Crippen molar-refractivity contribution in [2.75, 3.05) is 33.1 Å². The van der Waals surface area contributed by atoms with Crippen molar-refractivity contribution in [2.45, 2.75) is 6.04 Å². The molecule has 28 heavy (non-hydrogen) atoms. The molecule has 0 saturated carbocycles. The van der Waals surface area contributed by atoms with Gasteiger partial charge < -0.3 is 15.4 Å². The molecule has 2 aromatic rings. The summed E-state index contributed by atoms with van der Waals surface area (Å²) in [6, 6.07) is 14.5. The Labute approximate surface area is 163 Å². The van der Waals surface area contributed by atoms with E-state index in [9.17, 15) is 14.4 Å². The van der Waals surface area contributed by atoms with E-state index in [1.165, 1.54) is 7.05 Å². The molecule has 148 valence electrons. The maximum Gasteiger partial charge on any atom is 0.321 e. The number of likely N-dealkylation sites (N-methyl/N-ethyl adjacent to an activating group) is 1. The summed E-state index contributed by atoms with van der Waals surface area (Å²) in [6.07, 6.45) is 0. The van der Waals surface area contributed by atoms with Gasteiger partial charge in [0.25, 0.3) is 0 Å². The monoisotopic (exact) mass is 384 g/mol. The van der Waals surface area contributed by atoms with Crippen LogP contribution in [0, 0.1) is 0 Å². The highest BCUT2D eigenvalue weighted by Crippen LogP contribution is 2.20. The van der Waals surface area contributed by atoms with Gasteiger partial charge in [-0.25, -0.2) is 4.79 Å². The van der Waals surface area contributed by atoms with E-state index in [4.69, 9.17) is 4.74 Å². The molecule has 0 saturated heterocycles. The zero-order valence-corrected chi connectivity index (χ0v) is 16.1. The van der Waals surface area contributed by atoms with Gasteiger partial charge in [0, 0.05) is 18.8 Å². The van der Waals surface area contributed by atoms with E-state index < -0.39 is 18.0 Å². The largest absolute Gasteiger partial charge is 0.497 e. The number of benzene rings is 2. The first kappa shape index (κ1) is 20.9. The lowest BCUT2D eigenvalue weighted by atomic mass is 10.0. The molecule has 0 aliphatic heterocycles. The predicted octanol–water partition coefficient (Wildman–Crippen LogP) is 1.76. The molecule has 8 heteroatoms. The summed E-state index contributed by atoms with van der Waals surface area (Å²) < 4.78 is 5.14. The molecule has 3 N–H and O–H groups in total. The number of nitrogens with zero attached hydrogens (tertiary/aromatic N) is 1. The van der Waals surface area contributed by atoms with Crippen molar-refractivity contribution in [2.24, 2.45) is 0 Å². The lowest BCUT2D eigenvalue weighted by molar-refractivity contribution is -0.126. The number of methoxy groups -OCH3 is 1. The van der Waals surface area contributed by atoms with Crippen molar-refractivity contribution in [3.05, 3.63) is 60.2 Å². The van der Waals surface area contributed by atoms with E-state index in [-0.39, 0.29) is 12.5 Å². The minimum atomic E-state index is -0.811. The second kappa shape index (κ2) is 10.1. The minimum absolute atomic E-state index is 0.0576. The van der Waals surface area contributed by atoms with E-state index in [2.05, 4.69) is 16.0 Å². The Balaban J connectivity index is 2.12. The zero-order chi connectivity index (χ0) is 20.5. The summed E-state index contributed by atoms with van der Waals surface area (Å²) >= 11 is 0. The molecule has 0 spiro atoms. The van der Waals surface area contributed by atoms with Crippen LogP contribution in [0.1, 0.15) is 11.6 Å². The summed E-state index contributed by atoms with van der Waals surface area (Å²) in [5.74, 6) is -0.204. The highest BCUT2D eigenvalue weighted by Gasteiger charge is 2.27. The van der Waals surface area contributed by atoms with E-state index in [1.54, 1.807) is 67.6 Å². The van der Waals surface area contributed by atoms with Gasteiger partial charge in [-0.3, -0.25) is 19.8 Å². The van der Waals surface area contributed by atoms with Gasteiger partial charge in [0.05, 0.1) is 13.7 Å². The van der Waals surface area contributed by atoms with Crippen molar-refractivity contribution >= 4 is 23.5 Å². The summed E-state index contributed by atoms with van der Waals surface area (Å²) in [5, 5.41) is 7.39. The van der Waals surface area contributed by atoms with Crippen LogP contribution >= 0.6 is 0 Å². The molecule has 8 nitrogen and oxygen atoms in total. The molecule has 0 fully saturated rings. The molecule has 2 aromatic carbocycles. The van der Waals surface area contributed by atoms with Crippen molar-refractivity contribution in [3.63, 3.8) is 0 Å². The molecular weight excluding hydrogens is 360 g/mol. The Morgan fingerprint density at radius 1 is 1.07 bits per heavy atom. The topological polar surface area (TPSA) is 99.8 Å². The Hall–Kier alpha value is -3.39. The van der Waals surface area contributed by atoms with Gasteiger partial charge >= 0.3 is 6.03 Å². The minimum Gasteiger partial charge on any atom is -0.497 e. The lowest BCUT2D eigenvalue weighted by Crippen LogP contribution is -2.46. The molecule has 0 radical (unpaired) electrons. The first-order chi connectivity index (χ1) is 13.4. The number of ether oxygens (including phenoxy) is 1. The Morgan fingerprint density at radius 2 is 1.79 bits per heavy atom. The molecule has 0 heterocycles. The fourth-order valence-electron chi connectivity index (χ4n) is 2.70. The van der Waals surface area contributed by atoms with Crippen LogP contribution < -0.4 is 20.7 Å². The smallest absolute Gasteiger partial charge is 0.321 e. The van der Waals surface area contributed by atoms with Crippen LogP contribution in [0.25, 0.3) is 0 Å². The van der Waals surface area contributed by atoms with E-state index in [0.717, 1.165) is 0 Å². The molecule has 2 rings (SSSR count). The number of carbonyl (C=O) groups excluding carboxylic acids is 3. The zero-order valence-electron chi connectivity index (χ0n) is 16.1. The van der Waals surface area contributed by atoms with Crippen LogP contribution in [0.15, 0.2) is 54.6 Å². The first-order valence-corrected chi connectivity index (χ1v) is 8.66. The van der Waals surface area contributed by atoms with Crippen molar-refractivity contribution in [3.8, 4) is 5.75 Å². The number of urea groups is 1. The van der Waals surface area contributed by atoms with Crippen LogP contribution in [0.2, 0.25) is 0 Å². The van der Waals surface area contributed by atoms with Gasteiger partial charge in [0.15, 0.2) is 0 Å². The van der Waals surface area contributed by atoms with Crippen LogP contribution in [-0.4, -0.2) is 50.5 Å². The summed E-state index contributed by atoms with van der Waals surface area (Å²) in [5.41, 5.74) is 1.25. The van der Waals surface area contributed by atoms with Gasteiger partial charge in [0.2, 0.25) is 11.8 Å². The molecule has 0 unspecified atom stereocenters. The summed E-state index contributed by atoms with van der Waals surface area (Å²) in [4.78, 5) is 38.2. The van der Waals surface area contributed by atoms with Crippen molar-refractivity contribution in [1.29, 1.82) is 0 Å². The van der Waals surface area contributed by atoms with Crippen LogP contribution in [0.4, 0.5) is 10.5 Å². The Bertz CT molecular complexity index is 826. The quantitative estimate of drug-likeness (QED) is 0.676. The first-order valence-electron chi connectivity index (χ1n) is 8.66. The van der Waals surface area contributed by atoms with Crippen LogP contribution in [0.3, 0.4) is 0 Å². The number of amides is 4. The van der Waals surface area contributed by atoms with Crippen LogP contribution in [-0.2, 0) is 9.59 Å². The third-order valence-corrected chi connectivity index (χ3v) is 4.01. The van der Waals surface area contributed by atoms with E-state index in [0.29, 0.717) is 17.0 Å². The molecule has 1 atom stereocenters. The maximum atomic E-state index is 12.6.